The highest BCUT2D eigenvalue weighted by Crippen LogP contribution is 2.23. The van der Waals surface area contributed by atoms with E-state index in [0.29, 0.717) is 11.7 Å². The van der Waals surface area contributed by atoms with Crippen LogP contribution in [0.25, 0.3) is 0 Å². The van der Waals surface area contributed by atoms with Gasteiger partial charge in [0.1, 0.15) is 5.82 Å². The molecular formula is C15H23N3O2. The van der Waals surface area contributed by atoms with Crippen molar-refractivity contribution >= 4 is 11.7 Å². The number of pyridine rings is 1. The summed E-state index contributed by atoms with van der Waals surface area (Å²) < 4.78 is 5.22. The normalized spacial score (nSPS) is 21.1. The lowest BCUT2D eigenvalue weighted by Crippen LogP contribution is -2.47. The molecule has 1 fully saturated rings. The predicted molar refractivity (Wildman–Crippen MR) is 79.1 cm³/mol. The topological polar surface area (TPSA) is 63.2 Å². The van der Waals surface area contributed by atoms with E-state index >= 15 is 0 Å². The summed E-state index contributed by atoms with van der Waals surface area (Å²) in [6.07, 6.45) is 2.90. The van der Waals surface area contributed by atoms with Gasteiger partial charge in [0, 0.05) is 31.0 Å². The molecule has 0 atom stereocenters. The molecule has 1 saturated carbocycles. The van der Waals surface area contributed by atoms with Crippen LogP contribution in [0.1, 0.15) is 42.7 Å². The lowest BCUT2D eigenvalue weighted by molar-refractivity contribution is 0.0176. The van der Waals surface area contributed by atoms with Crippen molar-refractivity contribution in [1.82, 2.24) is 10.3 Å². The van der Waals surface area contributed by atoms with Gasteiger partial charge < -0.3 is 15.4 Å². The van der Waals surface area contributed by atoms with E-state index in [2.05, 4.69) is 15.6 Å². The highest BCUT2D eigenvalue weighted by molar-refractivity contribution is 5.95. The number of ether oxygens (including phenoxy) is 1. The Hall–Kier alpha value is -1.62. The zero-order valence-corrected chi connectivity index (χ0v) is 12.4. The average molecular weight is 277 g/mol. The molecule has 5 nitrogen and oxygen atoms in total. The summed E-state index contributed by atoms with van der Waals surface area (Å²) in [4.78, 5) is 16.7. The average Bonchev–Trinajstić information content (AvgIpc) is 2.42. The van der Waals surface area contributed by atoms with E-state index in [1.807, 2.05) is 26.0 Å². The summed E-state index contributed by atoms with van der Waals surface area (Å²) in [5.41, 5.74) is 1.60. The van der Waals surface area contributed by atoms with Crippen LogP contribution in [-0.2, 0) is 11.2 Å². The molecule has 0 spiro atoms. The fourth-order valence-corrected chi connectivity index (χ4v) is 2.32. The van der Waals surface area contributed by atoms with E-state index in [4.69, 9.17) is 4.74 Å². The van der Waals surface area contributed by atoms with Gasteiger partial charge in [0.25, 0.3) is 5.91 Å². The number of aromatic nitrogens is 1. The molecule has 0 aliphatic heterocycles. The molecule has 0 bridgehead atoms. The zero-order chi connectivity index (χ0) is 14.5. The molecule has 0 aromatic carbocycles. The highest BCUT2D eigenvalue weighted by atomic mass is 16.5. The molecular weight excluding hydrogens is 254 g/mol. The molecule has 1 aliphatic rings. The van der Waals surface area contributed by atoms with Gasteiger partial charge in [-0.05, 0) is 38.3 Å². The fraction of sp³-hybridized carbons (Fsp3) is 0.600. The van der Waals surface area contributed by atoms with Gasteiger partial charge in [-0.3, -0.25) is 4.79 Å². The summed E-state index contributed by atoms with van der Waals surface area (Å²) in [7, 11) is 1.71. The summed E-state index contributed by atoms with van der Waals surface area (Å²) in [5, 5.41) is 6.21. The van der Waals surface area contributed by atoms with Crippen LogP contribution < -0.4 is 10.6 Å². The number of rotatable bonds is 6. The molecule has 0 saturated heterocycles. The quantitative estimate of drug-likeness (QED) is 0.834. The van der Waals surface area contributed by atoms with Gasteiger partial charge in [0.2, 0.25) is 0 Å². The second-order valence-electron chi connectivity index (χ2n) is 5.12. The third kappa shape index (κ3) is 3.48. The molecule has 0 radical (unpaired) electrons. The van der Waals surface area contributed by atoms with Crippen LogP contribution in [0.3, 0.4) is 0 Å². The van der Waals surface area contributed by atoms with Crippen molar-refractivity contribution in [3.63, 3.8) is 0 Å². The maximum absolute atomic E-state index is 12.3. The monoisotopic (exact) mass is 277 g/mol. The Morgan fingerprint density at radius 2 is 2.15 bits per heavy atom. The van der Waals surface area contributed by atoms with Crippen LogP contribution in [0.2, 0.25) is 0 Å². The summed E-state index contributed by atoms with van der Waals surface area (Å²) >= 11 is 0. The van der Waals surface area contributed by atoms with E-state index in [9.17, 15) is 4.79 Å². The second kappa shape index (κ2) is 6.70. The number of amides is 1. The van der Waals surface area contributed by atoms with Crippen LogP contribution in [-0.4, -0.2) is 36.7 Å². The number of nitrogens with one attached hydrogen (secondary N) is 2. The Bertz CT molecular complexity index is 470. The van der Waals surface area contributed by atoms with Crippen LogP contribution >= 0.6 is 0 Å². The third-order valence-electron chi connectivity index (χ3n) is 3.62. The maximum atomic E-state index is 12.3. The number of hydrogen-bond donors (Lipinski definition) is 2. The van der Waals surface area contributed by atoms with E-state index in [0.717, 1.165) is 37.3 Å². The molecule has 1 aromatic heterocycles. The summed E-state index contributed by atoms with van der Waals surface area (Å²) in [6, 6.07) is 3.90. The van der Waals surface area contributed by atoms with Gasteiger partial charge in [0.15, 0.2) is 0 Å². The van der Waals surface area contributed by atoms with Gasteiger partial charge in [-0.25, -0.2) is 4.98 Å². The molecule has 20 heavy (non-hydrogen) atoms. The van der Waals surface area contributed by atoms with Crippen LogP contribution in [0.5, 0.6) is 0 Å². The van der Waals surface area contributed by atoms with E-state index in [-0.39, 0.29) is 11.9 Å². The third-order valence-corrected chi connectivity index (χ3v) is 3.62. The first-order chi connectivity index (χ1) is 9.66. The summed E-state index contributed by atoms with van der Waals surface area (Å²) in [6.45, 7) is 4.84. The molecule has 1 aliphatic carbocycles. The minimum Gasteiger partial charge on any atom is -0.381 e. The molecule has 2 N–H and O–H groups in total. The number of methoxy groups -OCH3 is 1. The van der Waals surface area contributed by atoms with Crippen LogP contribution in [0, 0.1) is 0 Å². The van der Waals surface area contributed by atoms with E-state index in [1.54, 1.807) is 7.11 Å². The first-order valence-electron chi connectivity index (χ1n) is 7.24. The van der Waals surface area contributed by atoms with Crippen molar-refractivity contribution in [3.8, 4) is 0 Å². The molecule has 1 amide bonds. The maximum Gasteiger partial charge on any atom is 0.251 e. The molecule has 2 rings (SSSR count). The number of hydrogen-bond acceptors (Lipinski definition) is 4. The van der Waals surface area contributed by atoms with Gasteiger partial charge in [-0.1, -0.05) is 6.92 Å². The van der Waals surface area contributed by atoms with Gasteiger partial charge in [0.05, 0.1) is 6.10 Å². The van der Waals surface area contributed by atoms with Crippen LogP contribution in [0.4, 0.5) is 5.82 Å². The molecule has 1 heterocycles. The Kier molecular flexibility index (Phi) is 4.95. The van der Waals surface area contributed by atoms with Crippen molar-refractivity contribution in [2.24, 2.45) is 0 Å². The Labute approximate surface area is 120 Å². The molecule has 0 unspecified atom stereocenters. The summed E-state index contributed by atoms with van der Waals surface area (Å²) in [5.74, 6) is 0.737. The number of carbonyl (C=O) groups is 1. The number of anilines is 1. The molecule has 1 aromatic rings. The zero-order valence-electron chi connectivity index (χ0n) is 12.4. The highest BCUT2D eigenvalue weighted by Gasteiger charge is 2.30. The SMILES string of the molecule is CCNc1cc(C(=O)NC2CC(OC)C2)cc(CC)n1. The Morgan fingerprint density at radius 1 is 1.40 bits per heavy atom. The molecule has 110 valence electrons. The van der Waals surface area contributed by atoms with Crippen molar-refractivity contribution in [3.05, 3.63) is 23.4 Å². The van der Waals surface area contributed by atoms with Crippen molar-refractivity contribution < 1.29 is 9.53 Å². The molecule has 5 heteroatoms. The fourth-order valence-electron chi connectivity index (χ4n) is 2.32. The van der Waals surface area contributed by atoms with Gasteiger partial charge >= 0.3 is 0 Å². The van der Waals surface area contributed by atoms with Gasteiger partial charge in [-0.2, -0.15) is 0 Å². The van der Waals surface area contributed by atoms with Crippen molar-refractivity contribution in [2.45, 2.75) is 45.3 Å². The minimum absolute atomic E-state index is 0.0270. The van der Waals surface area contributed by atoms with Gasteiger partial charge in [-0.15, -0.1) is 0 Å². The first-order valence-corrected chi connectivity index (χ1v) is 7.24. The number of carbonyl (C=O) groups excluding carboxylic acids is 1. The smallest absolute Gasteiger partial charge is 0.251 e. The Balaban J connectivity index is 2.03. The Morgan fingerprint density at radius 3 is 2.75 bits per heavy atom. The van der Waals surface area contributed by atoms with Crippen molar-refractivity contribution in [1.29, 1.82) is 0 Å². The van der Waals surface area contributed by atoms with Crippen molar-refractivity contribution in [2.75, 3.05) is 19.0 Å². The largest absolute Gasteiger partial charge is 0.381 e. The van der Waals surface area contributed by atoms with Crippen LogP contribution in [0.15, 0.2) is 12.1 Å². The lowest BCUT2D eigenvalue weighted by atomic mass is 9.89. The number of aryl methyl sites for hydroxylation is 1. The first kappa shape index (κ1) is 14.8. The lowest BCUT2D eigenvalue weighted by Gasteiger charge is -2.34. The van der Waals surface area contributed by atoms with E-state index < -0.39 is 0 Å². The second-order valence-corrected chi connectivity index (χ2v) is 5.12. The minimum atomic E-state index is -0.0270. The standard InChI is InChI=1S/C15H23N3O2/c1-4-11-6-10(7-14(17-11)16-5-2)15(19)18-12-8-13(9-12)20-3/h6-7,12-13H,4-5,8-9H2,1-3H3,(H,16,17)(H,18,19). The number of nitrogens with zero attached hydrogens (tertiary/aromatic N) is 1. The predicted octanol–water partition coefficient (Wildman–Crippen LogP) is 1.98. The van der Waals surface area contributed by atoms with E-state index in [1.165, 1.54) is 0 Å².